The van der Waals surface area contributed by atoms with Gasteiger partial charge in [-0.2, -0.15) is 0 Å². The number of hydrogen-bond donors (Lipinski definition) is 2. The number of hydrogen-bond acceptors (Lipinski definition) is 5. The van der Waals surface area contributed by atoms with Gasteiger partial charge in [0.15, 0.2) is 0 Å². The van der Waals surface area contributed by atoms with Gasteiger partial charge >= 0.3 is 12.1 Å². The van der Waals surface area contributed by atoms with Crippen LogP contribution in [0.1, 0.15) is 39.0 Å². The van der Waals surface area contributed by atoms with Crippen LogP contribution < -0.4 is 11.2 Å². The maximum absolute atomic E-state index is 12.2. The highest BCUT2D eigenvalue weighted by atomic mass is 32.2. The molecule has 1 saturated carbocycles. The second-order valence-electron chi connectivity index (χ2n) is 4.24. The Balaban J connectivity index is 2.84. The van der Waals surface area contributed by atoms with E-state index in [4.69, 9.17) is 5.73 Å². The van der Waals surface area contributed by atoms with Gasteiger partial charge in [0.2, 0.25) is 0 Å². The molecule has 1 rings (SSSR count). The molecule has 110 valence electrons. The minimum Gasteiger partial charge on any atom is -0.449 e. The summed E-state index contributed by atoms with van der Waals surface area (Å²) in [5, 5.41) is -0.698. The number of hydrazine groups is 1. The highest BCUT2D eigenvalue weighted by molar-refractivity contribution is 7.90. The summed E-state index contributed by atoms with van der Waals surface area (Å²) in [5.74, 6) is 0. The predicted molar refractivity (Wildman–Crippen MR) is 67.4 cm³/mol. The Kier molecular flexibility index (Phi) is 5.40. The molecule has 0 aromatic carbocycles. The second kappa shape index (κ2) is 6.60. The van der Waals surface area contributed by atoms with E-state index >= 15 is 0 Å². The topological polar surface area (TPSA) is 119 Å². The Morgan fingerprint density at radius 2 is 1.89 bits per heavy atom. The van der Waals surface area contributed by atoms with E-state index in [-0.39, 0.29) is 11.0 Å². The number of rotatable bonds is 3. The normalized spacial score (nSPS) is 16.7. The van der Waals surface area contributed by atoms with Crippen molar-refractivity contribution in [2.24, 2.45) is 5.73 Å². The Labute approximate surface area is 112 Å². The summed E-state index contributed by atoms with van der Waals surface area (Å²) >= 11 is 0. The Hall–Kier alpha value is -1.51. The van der Waals surface area contributed by atoms with E-state index in [1.807, 2.05) is 5.43 Å². The molecule has 0 bridgehead atoms. The lowest BCUT2D eigenvalue weighted by Crippen LogP contribution is -2.55. The fourth-order valence-electron chi connectivity index (χ4n) is 2.00. The van der Waals surface area contributed by atoms with E-state index in [0.717, 1.165) is 19.3 Å². The molecule has 9 heteroatoms. The molecule has 1 fully saturated rings. The van der Waals surface area contributed by atoms with Gasteiger partial charge in [0.25, 0.3) is 10.0 Å². The van der Waals surface area contributed by atoms with Crippen molar-refractivity contribution in [3.63, 3.8) is 0 Å². The van der Waals surface area contributed by atoms with Gasteiger partial charge in [0, 0.05) is 0 Å². The van der Waals surface area contributed by atoms with Crippen molar-refractivity contribution in [2.75, 3.05) is 6.61 Å². The van der Waals surface area contributed by atoms with Gasteiger partial charge in [0.1, 0.15) is 0 Å². The average molecular weight is 293 g/mol. The van der Waals surface area contributed by atoms with E-state index in [9.17, 15) is 18.0 Å². The quantitative estimate of drug-likeness (QED) is 0.742. The lowest BCUT2D eigenvalue weighted by Gasteiger charge is -2.27. The summed E-state index contributed by atoms with van der Waals surface area (Å²) in [4.78, 5) is 22.5. The molecule has 3 N–H and O–H groups in total. The summed E-state index contributed by atoms with van der Waals surface area (Å²) in [6.07, 6.45) is 2.40. The highest BCUT2D eigenvalue weighted by Gasteiger charge is 2.36. The predicted octanol–water partition coefficient (Wildman–Crippen LogP) is 0.691. The van der Waals surface area contributed by atoms with Crippen LogP contribution in [-0.2, 0) is 14.8 Å². The number of carbonyl (C=O) groups excluding carboxylic acids is 2. The minimum absolute atomic E-state index is 0.0575. The Morgan fingerprint density at radius 3 is 2.37 bits per heavy atom. The van der Waals surface area contributed by atoms with Gasteiger partial charge in [-0.25, -0.2) is 23.4 Å². The maximum Gasteiger partial charge on any atom is 0.427 e. The lowest BCUT2D eigenvalue weighted by atomic mass is 10.0. The first-order valence-corrected chi connectivity index (χ1v) is 7.67. The first-order valence-electron chi connectivity index (χ1n) is 6.16. The van der Waals surface area contributed by atoms with Gasteiger partial charge in [-0.05, 0) is 19.8 Å². The van der Waals surface area contributed by atoms with Crippen LogP contribution in [0.5, 0.6) is 0 Å². The van der Waals surface area contributed by atoms with E-state index in [2.05, 4.69) is 4.74 Å². The molecule has 0 unspecified atom stereocenters. The number of nitrogens with one attached hydrogen (secondary N) is 1. The summed E-state index contributed by atoms with van der Waals surface area (Å²) in [6.45, 7) is 1.62. The molecule has 19 heavy (non-hydrogen) atoms. The van der Waals surface area contributed by atoms with Crippen LogP contribution >= 0.6 is 0 Å². The number of nitrogens with zero attached hydrogens (tertiary/aromatic N) is 1. The molecule has 0 aromatic rings. The first kappa shape index (κ1) is 15.5. The van der Waals surface area contributed by atoms with Crippen LogP contribution in [0.2, 0.25) is 0 Å². The number of sulfonamides is 1. The fourth-order valence-corrected chi connectivity index (χ4v) is 3.68. The van der Waals surface area contributed by atoms with Crippen LogP contribution in [0.4, 0.5) is 9.59 Å². The van der Waals surface area contributed by atoms with Crippen LogP contribution in [0.3, 0.4) is 0 Å². The molecule has 0 heterocycles. The van der Waals surface area contributed by atoms with Crippen LogP contribution in [0.15, 0.2) is 0 Å². The van der Waals surface area contributed by atoms with Crippen molar-refractivity contribution < 1.29 is 22.7 Å². The fraction of sp³-hybridized carbons (Fsp3) is 0.800. The second-order valence-corrected chi connectivity index (χ2v) is 6.30. The third-order valence-electron chi connectivity index (χ3n) is 2.90. The number of nitrogens with two attached hydrogens (primary N) is 1. The molecule has 3 amide bonds. The van der Waals surface area contributed by atoms with Crippen molar-refractivity contribution in [3.05, 3.63) is 0 Å². The molecule has 0 aliphatic heterocycles. The number of ether oxygens (including phenoxy) is 1. The van der Waals surface area contributed by atoms with Gasteiger partial charge in [-0.15, -0.1) is 4.41 Å². The minimum atomic E-state index is -3.99. The standard InChI is InChI=1S/C10H19N3O5S/c1-2-18-10(15)12-13(9(11)14)19(16,17)8-6-4-3-5-7-8/h8H,2-7H2,1H3,(H2,11,14)(H,12,15). The first-order chi connectivity index (χ1) is 8.89. The molecule has 1 aliphatic carbocycles. The van der Waals surface area contributed by atoms with Crippen LogP contribution in [0.25, 0.3) is 0 Å². The SMILES string of the molecule is CCOC(=O)NN(C(N)=O)S(=O)(=O)C1CCCCC1. The molecule has 0 atom stereocenters. The van der Waals surface area contributed by atoms with Gasteiger partial charge in [-0.3, -0.25) is 0 Å². The summed E-state index contributed by atoms with van der Waals surface area (Å²) < 4.78 is 29.2. The average Bonchev–Trinajstić information content (AvgIpc) is 2.37. The molecule has 0 saturated heterocycles. The van der Waals surface area contributed by atoms with Gasteiger partial charge in [-0.1, -0.05) is 19.3 Å². The van der Waals surface area contributed by atoms with Crippen LogP contribution in [-0.4, -0.2) is 36.8 Å². The van der Waals surface area contributed by atoms with E-state index in [1.165, 1.54) is 0 Å². The zero-order valence-electron chi connectivity index (χ0n) is 10.8. The van der Waals surface area contributed by atoms with Crippen molar-refractivity contribution in [2.45, 2.75) is 44.3 Å². The summed E-state index contributed by atoms with van der Waals surface area (Å²) in [7, 11) is -3.99. The Morgan fingerprint density at radius 1 is 1.32 bits per heavy atom. The lowest BCUT2D eigenvalue weighted by molar-refractivity contribution is 0.135. The summed E-state index contributed by atoms with van der Waals surface area (Å²) in [6, 6.07) is -1.25. The molecule has 1 aliphatic rings. The number of amides is 3. The molecular formula is C10H19N3O5S. The maximum atomic E-state index is 12.2. The van der Waals surface area contributed by atoms with Crippen molar-refractivity contribution in [3.8, 4) is 0 Å². The van der Waals surface area contributed by atoms with Crippen molar-refractivity contribution in [1.29, 1.82) is 0 Å². The third kappa shape index (κ3) is 3.98. The monoisotopic (exact) mass is 293 g/mol. The number of urea groups is 1. The number of primary amides is 1. The number of carbonyl (C=O) groups is 2. The highest BCUT2D eigenvalue weighted by Crippen LogP contribution is 2.25. The molecule has 0 radical (unpaired) electrons. The zero-order valence-corrected chi connectivity index (χ0v) is 11.6. The molecule has 0 spiro atoms. The zero-order chi connectivity index (χ0) is 14.5. The largest absolute Gasteiger partial charge is 0.449 e. The van der Waals surface area contributed by atoms with E-state index in [0.29, 0.717) is 12.8 Å². The molecule has 0 aromatic heterocycles. The van der Waals surface area contributed by atoms with Gasteiger partial charge in [0.05, 0.1) is 11.9 Å². The van der Waals surface area contributed by atoms with Crippen LogP contribution in [0, 0.1) is 0 Å². The Bertz CT molecular complexity index is 430. The molecular weight excluding hydrogens is 274 g/mol. The smallest absolute Gasteiger partial charge is 0.427 e. The van der Waals surface area contributed by atoms with E-state index < -0.39 is 27.4 Å². The van der Waals surface area contributed by atoms with Crippen molar-refractivity contribution >= 4 is 22.1 Å². The van der Waals surface area contributed by atoms with E-state index in [1.54, 1.807) is 6.92 Å². The third-order valence-corrected chi connectivity index (χ3v) is 4.99. The summed E-state index contributed by atoms with van der Waals surface area (Å²) in [5.41, 5.74) is 6.88. The van der Waals surface area contributed by atoms with Gasteiger partial charge < -0.3 is 10.5 Å². The van der Waals surface area contributed by atoms with Crippen molar-refractivity contribution in [1.82, 2.24) is 9.84 Å². The molecule has 8 nitrogen and oxygen atoms in total.